The highest BCUT2D eigenvalue weighted by atomic mass is 16.3. The highest BCUT2D eigenvalue weighted by Crippen LogP contribution is 2.40. The van der Waals surface area contributed by atoms with Crippen molar-refractivity contribution in [2.24, 2.45) is 11.8 Å². The van der Waals surface area contributed by atoms with Gasteiger partial charge >= 0.3 is 0 Å². The first-order valence-corrected chi connectivity index (χ1v) is 7.24. The van der Waals surface area contributed by atoms with E-state index in [9.17, 15) is 0 Å². The highest BCUT2D eigenvalue weighted by Gasteiger charge is 2.31. The van der Waals surface area contributed by atoms with Crippen LogP contribution in [-0.4, -0.2) is 12.1 Å². The molecule has 2 rings (SSSR count). The lowest BCUT2D eigenvalue weighted by Crippen LogP contribution is -2.41. The molecule has 102 valence electrons. The Balaban J connectivity index is 2.02. The quantitative estimate of drug-likeness (QED) is 0.869. The van der Waals surface area contributed by atoms with Crippen molar-refractivity contribution in [3.63, 3.8) is 0 Å². The summed E-state index contributed by atoms with van der Waals surface area (Å²) in [6, 6.07) is 4.16. The van der Waals surface area contributed by atoms with Crippen LogP contribution in [0.15, 0.2) is 22.8 Å². The average molecular weight is 249 g/mol. The van der Waals surface area contributed by atoms with Gasteiger partial charge in [0.25, 0.3) is 0 Å². The van der Waals surface area contributed by atoms with E-state index in [1.54, 1.807) is 0 Å². The highest BCUT2D eigenvalue weighted by molar-refractivity contribution is 5.09. The molecule has 0 aliphatic heterocycles. The molecule has 0 radical (unpaired) electrons. The maximum Gasteiger partial charge on any atom is 0.107 e. The fraction of sp³-hybridized carbons (Fsp3) is 0.750. The molecule has 2 heteroatoms. The molecule has 1 fully saturated rings. The van der Waals surface area contributed by atoms with Crippen LogP contribution in [0.1, 0.15) is 58.6 Å². The second-order valence-electron chi connectivity index (χ2n) is 6.93. The van der Waals surface area contributed by atoms with Gasteiger partial charge in [0.1, 0.15) is 5.76 Å². The maximum atomic E-state index is 5.66. The molecule has 0 aromatic carbocycles. The minimum absolute atomic E-state index is 0.205. The molecule has 1 heterocycles. The maximum absolute atomic E-state index is 5.66. The lowest BCUT2D eigenvalue weighted by molar-refractivity contribution is 0.207. The lowest BCUT2D eigenvalue weighted by Gasteiger charge is -2.35. The van der Waals surface area contributed by atoms with Crippen LogP contribution in [0.3, 0.4) is 0 Å². The van der Waals surface area contributed by atoms with Gasteiger partial charge in [-0.25, -0.2) is 0 Å². The number of hydrogen-bond acceptors (Lipinski definition) is 2. The molecule has 1 aliphatic carbocycles. The number of nitrogens with one attached hydrogen (secondary N) is 1. The summed E-state index contributed by atoms with van der Waals surface area (Å²) in [7, 11) is 0. The number of furan rings is 1. The number of rotatable bonds is 3. The van der Waals surface area contributed by atoms with Crippen molar-refractivity contribution in [1.29, 1.82) is 0 Å². The van der Waals surface area contributed by atoms with Crippen molar-refractivity contribution in [2.75, 3.05) is 6.54 Å². The molecule has 3 atom stereocenters. The monoisotopic (exact) mass is 249 g/mol. The molecule has 0 amide bonds. The Labute approximate surface area is 111 Å². The minimum atomic E-state index is 0.205. The Kier molecular flexibility index (Phi) is 4.16. The van der Waals surface area contributed by atoms with E-state index in [2.05, 4.69) is 39.1 Å². The van der Waals surface area contributed by atoms with Crippen molar-refractivity contribution >= 4 is 0 Å². The summed E-state index contributed by atoms with van der Waals surface area (Å²) in [6.07, 6.45) is 5.75. The molecule has 2 nitrogen and oxygen atoms in total. The van der Waals surface area contributed by atoms with Gasteiger partial charge in [-0.1, -0.05) is 13.3 Å². The number of hydrogen-bond donors (Lipinski definition) is 1. The van der Waals surface area contributed by atoms with Crippen LogP contribution in [0.25, 0.3) is 0 Å². The zero-order valence-electron chi connectivity index (χ0n) is 12.2. The summed E-state index contributed by atoms with van der Waals surface area (Å²) in [5, 5.41) is 3.66. The van der Waals surface area contributed by atoms with Crippen LogP contribution in [0.4, 0.5) is 0 Å². The zero-order chi connectivity index (χ0) is 13.2. The standard InChI is InChI=1S/C16H27NO/c1-12-7-8-13(11-17-16(2,3)4)14(10-12)15-6-5-9-18-15/h5-6,9,12-14,17H,7-8,10-11H2,1-4H3. The Hall–Kier alpha value is -0.760. The summed E-state index contributed by atoms with van der Waals surface area (Å²) in [5.41, 5.74) is 0.205. The summed E-state index contributed by atoms with van der Waals surface area (Å²) < 4.78 is 5.66. The van der Waals surface area contributed by atoms with Gasteiger partial charge in [-0.3, -0.25) is 0 Å². The third-order valence-corrected chi connectivity index (χ3v) is 4.06. The molecule has 0 bridgehead atoms. The molecule has 1 aliphatic rings. The molecule has 1 N–H and O–H groups in total. The van der Waals surface area contributed by atoms with E-state index in [0.29, 0.717) is 11.8 Å². The molecular formula is C16H27NO. The SMILES string of the molecule is CC1CCC(CNC(C)(C)C)C(c2ccco2)C1. The van der Waals surface area contributed by atoms with Crippen LogP contribution >= 0.6 is 0 Å². The Morgan fingerprint density at radius 1 is 1.33 bits per heavy atom. The average Bonchev–Trinajstić information content (AvgIpc) is 2.79. The molecule has 1 saturated carbocycles. The van der Waals surface area contributed by atoms with E-state index in [-0.39, 0.29) is 5.54 Å². The van der Waals surface area contributed by atoms with E-state index in [1.165, 1.54) is 25.0 Å². The summed E-state index contributed by atoms with van der Waals surface area (Å²) in [5.74, 6) is 3.32. The van der Waals surface area contributed by atoms with Crippen LogP contribution in [0.5, 0.6) is 0 Å². The Bertz CT molecular complexity index is 350. The smallest absolute Gasteiger partial charge is 0.107 e. The topological polar surface area (TPSA) is 25.2 Å². The van der Waals surface area contributed by atoms with Crippen molar-refractivity contribution in [1.82, 2.24) is 5.32 Å². The van der Waals surface area contributed by atoms with Crippen LogP contribution in [0.2, 0.25) is 0 Å². The van der Waals surface area contributed by atoms with Gasteiger partial charge in [0.2, 0.25) is 0 Å². The second-order valence-corrected chi connectivity index (χ2v) is 6.93. The third-order valence-electron chi connectivity index (χ3n) is 4.06. The summed E-state index contributed by atoms with van der Waals surface area (Å²) in [6.45, 7) is 10.2. The Morgan fingerprint density at radius 3 is 2.72 bits per heavy atom. The Morgan fingerprint density at radius 2 is 2.11 bits per heavy atom. The predicted molar refractivity (Wildman–Crippen MR) is 75.7 cm³/mol. The molecule has 1 aromatic heterocycles. The van der Waals surface area contributed by atoms with Crippen LogP contribution in [0, 0.1) is 11.8 Å². The van der Waals surface area contributed by atoms with Gasteiger partial charge in [0.15, 0.2) is 0 Å². The fourth-order valence-electron chi connectivity index (χ4n) is 2.98. The first-order chi connectivity index (χ1) is 8.46. The van der Waals surface area contributed by atoms with Crippen LogP contribution in [-0.2, 0) is 0 Å². The normalized spacial score (nSPS) is 29.4. The molecule has 3 unspecified atom stereocenters. The van der Waals surface area contributed by atoms with Crippen molar-refractivity contribution in [3.8, 4) is 0 Å². The molecule has 0 saturated heterocycles. The van der Waals surface area contributed by atoms with E-state index in [4.69, 9.17) is 4.42 Å². The van der Waals surface area contributed by atoms with Crippen molar-refractivity contribution in [2.45, 2.75) is 58.4 Å². The molecule has 18 heavy (non-hydrogen) atoms. The van der Waals surface area contributed by atoms with Gasteiger partial charge in [0.05, 0.1) is 6.26 Å². The molecular weight excluding hydrogens is 222 g/mol. The summed E-state index contributed by atoms with van der Waals surface area (Å²) in [4.78, 5) is 0. The van der Waals surface area contributed by atoms with E-state index < -0.39 is 0 Å². The van der Waals surface area contributed by atoms with Gasteiger partial charge in [-0.15, -0.1) is 0 Å². The fourth-order valence-corrected chi connectivity index (χ4v) is 2.98. The van der Waals surface area contributed by atoms with E-state index in [0.717, 1.165) is 12.5 Å². The largest absolute Gasteiger partial charge is 0.469 e. The van der Waals surface area contributed by atoms with Crippen LogP contribution < -0.4 is 5.32 Å². The first-order valence-electron chi connectivity index (χ1n) is 7.24. The third kappa shape index (κ3) is 3.61. The first kappa shape index (κ1) is 13.7. The lowest BCUT2D eigenvalue weighted by atomic mass is 9.73. The van der Waals surface area contributed by atoms with Crippen molar-refractivity contribution < 1.29 is 4.42 Å². The van der Waals surface area contributed by atoms with Gasteiger partial charge in [-0.2, -0.15) is 0 Å². The van der Waals surface area contributed by atoms with Gasteiger partial charge < -0.3 is 9.73 Å². The second kappa shape index (κ2) is 5.48. The minimum Gasteiger partial charge on any atom is -0.469 e. The van der Waals surface area contributed by atoms with Gasteiger partial charge in [-0.05, 0) is 64.1 Å². The summed E-state index contributed by atoms with van der Waals surface area (Å²) >= 11 is 0. The molecule has 1 aromatic rings. The van der Waals surface area contributed by atoms with E-state index in [1.807, 2.05) is 12.3 Å². The molecule has 0 spiro atoms. The van der Waals surface area contributed by atoms with E-state index >= 15 is 0 Å². The zero-order valence-corrected chi connectivity index (χ0v) is 12.2. The predicted octanol–water partition coefficient (Wildman–Crippen LogP) is 4.19. The van der Waals surface area contributed by atoms with Gasteiger partial charge in [0, 0.05) is 11.5 Å². The van der Waals surface area contributed by atoms with Crippen molar-refractivity contribution in [3.05, 3.63) is 24.2 Å².